The number of nitrogens with one attached hydrogen (secondary N) is 2. The minimum absolute atomic E-state index is 0.140. The van der Waals surface area contributed by atoms with Crippen molar-refractivity contribution in [2.24, 2.45) is 5.73 Å². The predicted molar refractivity (Wildman–Crippen MR) is 62.8 cm³/mol. The van der Waals surface area contributed by atoms with Crippen LogP contribution >= 0.6 is 11.8 Å². The van der Waals surface area contributed by atoms with E-state index in [9.17, 15) is 14.4 Å². The molecule has 0 radical (unpaired) electrons. The van der Waals surface area contributed by atoms with Crippen LogP contribution in [0.1, 0.15) is 13.3 Å². The highest BCUT2D eigenvalue weighted by Gasteiger charge is 2.17. The molecule has 0 aromatic rings. The van der Waals surface area contributed by atoms with E-state index in [-0.39, 0.29) is 12.5 Å². The van der Waals surface area contributed by atoms with Crippen molar-refractivity contribution in [3.05, 3.63) is 0 Å². The summed E-state index contributed by atoms with van der Waals surface area (Å²) in [6.07, 6.45) is 2.39. The van der Waals surface area contributed by atoms with E-state index in [1.165, 1.54) is 6.92 Å². The average Bonchev–Trinajstić information content (AvgIpc) is 2.20. The molecule has 7 heteroatoms. The van der Waals surface area contributed by atoms with E-state index in [0.717, 1.165) is 5.75 Å². The topological polar surface area (TPSA) is 101 Å². The largest absolute Gasteiger partial charge is 0.368 e. The van der Waals surface area contributed by atoms with Crippen LogP contribution in [-0.4, -0.2) is 42.3 Å². The predicted octanol–water partition coefficient (Wildman–Crippen LogP) is -1.15. The molecule has 92 valence electrons. The Balaban J connectivity index is 4.02. The molecule has 0 saturated carbocycles. The van der Waals surface area contributed by atoms with Gasteiger partial charge in [-0.15, -0.1) is 0 Å². The fourth-order valence-electron chi connectivity index (χ4n) is 0.971. The van der Waals surface area contributed by atoms with Gasteiger partial charge < -0.3 is 16.4 Å². The van der Waals surface area contributed by atoms with Crippen molar-refractivity contribution in [3.63, 3.8) is 0 Å². The zero-order chi connectivity index (χ0) is 12.6. The van der Waals surface area contributed by atoms with Crippen LogP contribution in [-0.2, 0) is 14.4 Å². The first-order valence-corrected chi connectivity index (χ1v) is 6.18. The number of carbonyl (C=O) groups is 3. The number of carbonyl (C=O) groups excluding carboxylic acids is 3. The number of nitrogens with two attached hydrogens (primary N) is 1. The van der Waals surface area contributed by atoms with Crippen LogP contribution in [0.15, 0.2) is 0 Å². The van der Waals surface area contributed by atoms with Crippen LogP contribution in [0.4, 0.5) is 0 Å². The Kier molecular flexibility index (Phi) is 7.36. The smallest absolute Gasteiger partial charge is 0.240 e. The van der Waals surface area contributed by atoms with Crippen molar-refractivity contribution in [1.29, 1.82) is 0 Å². The third kappa shape index (κ3) is 7.10. The van der Waals surface area contributed by atoms with Crippen LogP contribution in [0.3, 0.4) is 0 Å². The molecule has 0 rings (SSSR count). The first-order chi connectivity index (χ1) is 7.47. The van der Waals surface area contributed by atoms with E-state index < -0.39 is 17.9 Å². The van der Waals surface area contributed by atoms with E-state index in [1.807, 2.05) is 6.26 Å². The highest BCUT2D eigenvalue weighted by molar-refractivity contribution is 7.98. The Bertz CT molecular complexity index is 271. The van der Waals surface area contributed by atoms with Crippen molar-refractivity contribution < 1.29 is 14.4 Å². The number of primary amides is 1. The number of hydrogen-bond donors (Lipinski definition) is 3. The molecule has 0 saturated heterocycles. The summed E-state index contributed by atoms with van der Waals surface area (Å²) in [7, 11) is 0. The maximum Gasteiger partial charge on any atom is 0.240 e. The molecule has 0 fully saturated rings. The third-order valence-electron chi connectivity index (χ3n) is 1.79. The van der Waals surface area contributed by atoms with Gasteiger partial charge in [0.1, 0.15) is 6.04 Å². The standard InChI is InChI=1S/C9H17N3O3S/c1-6(13)11-5-8(14)12-7(9(10)15)3-4-16-2/h7H,3-5H2,1-2H3,(H2,10,15)(H,11,13)(H,12,14)/t7-/m1/s1. The van der Waals surface area contributed by atoms with Crippen LogP contribution in [0.25, 0.3) is 0 Å². The van der Waals surface area contributed by atoms with E-state index in [1.54, 1.807) is 11.8 Å². The molecule has 4 N–H and O–H groups in total. The molecule has 0 aliphatic rings. The van der Waals surface area contributed by atoms with E-state index in [4.69, 9.17) is 5.73 Å². The van der Waals surface area contributed by atoms with E-state index in [2.05, 4.69) is 10.6 Å². The first-order valence-electron chi connectivity index (χ1n) is 4.79. The molecule has 1 atom stereocenters. The van der Waals surface area contributed by atoms with Crippen LogP contribution in [0.2, 0.25) is 0 Å². The van der Waals surface area contributed by atoms with Gasteiger partial charge in [-0.3, -0.25) is 14.4 Å². The molecule has 0 aromatic heterocycles. The Morgan fingerprint density at radius 1 is 1.38 bits per heavy atom. The van der Waals surface area contributed by atoms with Crippen molar-refractivity contribution in [2.45, 2.75) is 19.4 Å². The van der Waals surface area contributed by atoms with Crippen molar-refractivity contribution in [1.82, 2.24) is 10.6 Å². The summed E-state index contributed by atoms with van der Waals surface area (Å²) in [6, 6.07) is -0.672. The fraction of sp³-hybridized carbons (Fsp3) is 0.667. The fourth-order valence-corrected chi connectivity index (χ4v) is 1.44. The quantitative estimate of drug-likeness (QED) is 0.528. The van der Waals surface area contributed by atoms with Gasteiger partial charge in [0.05, 0.1) is 6.54 Å². The molecule has 0 heterocycles. The summed E-state index contributed by atoms with van der Waals surface area (Å²) in [5, 5.41) is 4.80. The molecule has 0 aromatic carbocycles. The van der Waals surface area contributed by atoms with Crippen LogP contribution in [0, 0.1) is 0 Å². The highest BCUT2D eigenvalue weighted by atomic mass is 32.2. The lowest BCUT2D eigenvalue weighted by Gasteiger charge is -2.14. The molecule has 0 aliphatic heterocycles. The Hall–Kier alpha value is -1.24. The summed E-state index contributed by atoms with van der Waals surface area (Å²) < 4.78 is 0. The summed E-state index contributed by atoms with van der Waals surface area (Å²) in [6.45, 7) is 1.17. The lowest BCUT2D eigenvalue weighted by molar-refractivity contribution is -0.128. The van der Waals surface area contributed by atoms with Crippen molar-refractivity contribution in [2.75, 3.05) is 18.6 Å². The SMILES string of the molecule is CSCC[C@@H](NC(=O)CNC(C)=O)C(N)=O. The second kappa shape index (κ2) is 7.98. The zero-order valence-corrected chi connectivity index (χ0v) is 10.2. The summed E-state index contributed by atoms with van der Waals surface area (Å²) in [4.78, 5) is 32.8. The maximum atomic E-state index is 11.3. The number of amides is 3. The number of rotatable bonds is 7. The average molecular weight is 247 g/mol. The second-order valence-electron chi connectivity index (χ2n) is 3.21. The summed E-state index contributed by atoms with van der Waals surface area (Å²) in [5.41, 5.74) is 5.13. The van der Waals surface area contributed by atoms with Gasteiger partial charge >= 0.3 is 0 Å². The van der Waals surface area contributed by atoms with Crippen molar-refractivity contribution >= 4 is 29.5 Å². The molecule has 0 spiro atoms. The van der Waals surface area contributed by atoms with Crippen molar-refractivity contribution in [3.8, 4) is 0 Å². The lowest BCUT2D eigenvalue weighted by Crippen LogP contribution is -2.48. The van der Waals surface area contributed by atoms with E-state index in [0.29, 0.717) is 6.42 Å². The van der Waals surface area contributed by atoms with Gasteiger partial charge in [-0.1, -0.05) is 0 Å². The second-order valence-corrected chi connectivity index (χ2v) is 4.20. The molecule has 0 unspecified atom stereocenters. The van der Waals surface area contributed by atoms with Gasteiger partial charge in [0, 0.05) is 6.92 Å². The molecular weight excluding hydrogens is 230 g/mol. The molecule has 3 amide bonds. The van der Waals surface area contributed by atoms with Gasteiger partial charge in [-0.2, -0.15) is 11.8 Å². The maximum absolute atomic E-state index is 11.3. The van der Waals surface area contributed by atoms with Gasteiger partial charge in [0.2, 0.25) is 17.7 Å². The zero-order valence-electron chi connectivity index (χ0n) is 9.41. The normalized spacial score (nSPS) is 11.6. The first kappa shape index (κ1) is 14.8. The van der Waals surface area contributed by atoms with Gasteiger partial charge in [0.25, 0.3) is 0 Å². The van der Waals surface area contributed by atoms with E-state index >= 15 is 0 Å². The Labute approximate surface area is 98.7 Å². The van der Waals surface area contributed by atoms with Gasteiger partial charge in [0.15, 0.2) is 0 Å². The molecule has 0 bridgehead atoms. The van der Waals surface area contributed by atoms with Crippen LogP contribution in [0.5, 0.6) is 0 Å². The minimum Gasteiger partial charge on any atom is -0.368 e. The van der Waals surface area contributed by atoms with Gasteiger partial charge in [-0.05, 0) is 18.4 Å². The molecule has 16 heavy (non-hydrogen) atoms. The monoisotopic (exact) mass is 247 g/mol. The molecule has 0 aliphatic carbocycles. The van der Waals surface area contributed by atoms with Gasteiger partial charge in [-0.25, -0.2) is 0 Å². The summed E-state index contributed by atoms with van der Waals surface area (Å²) in [5.74, 6) is -0.547. The highest BCUT2D eigenvalue weighted by Crippen LogP contribution is 1.99. The minimum atomic E-state index is -0.672. The molecule has 6 nitrogen and oxygen atoms in total. The Morgan fingerprint density at radius 2 is 2.00 bits per heavy atom. The third-order valence-corrected chi connectivity index (χ3v) is 2.43. The summed E-state index contributed by atoms with van der Waals surface area (Å²) >= 11 is 1.56. The molecular formula is C9H17N3O3S. The Morgan fingerprint density at radius 3 is 2.44 bits per heavy atom. The number of thioether (sulfide) groups is 1. The lowest BCUT2D eigenvalue weighted by atomic mass is 10.2. The van der Waals surface area contributed by atoms with Crippen LogP contribution < -0.4 is 16.4 Å². The number of hydrogen-bond acceptors (Lipinski definition) is 4.